The number of morpholine rings is 1. The van der Waals surface area contributed by atoms with Gasteiger partial charge in [0.25, 0.3) is 0 Å². The van der Waals surface area contributed by atoms with Crippen LogP contribution in [0, 0.1) is 0 Å². The molecular formula is C9H11N7OS2. The predicted molar refractivity (Wildman–Crippen MR) is 71.3 cm³/mol. The zero-order chi connectivity index (χ0) is 13.1. The molecular weight excluding hydrogens is 286 g/mol. The largest absolute Gasteiger partial charge is 0.378 e. The van der Waals surface area contributed by atoms with Gasteiger partial charge in [0, 0.05) is 13.1 Å². The highest BCUT2D eigenvalue weighted by Gasteiger charge is 2.16. The molecule has 0 unspecified atom stereocenters. The van der Waals surface area contributed by atoms with Gasteiger partial charge >= 0.3 is 0 Å². The maximum atomic E-state index is 5.73. The molecule has 0 aromatic carbocycles. The lowest BCUT2D eigenvalue weighted by molar-refractivity contribution is 0.122. The smallest absolute Gasteiger partial charge is 0.231 e. The minimum absolute atomic E-state index is 0.212. The Labute approximate surface area is 117 Å². The van der Waals surface area contributed by atoms with E-state index in [9.17, 15) is 0 Å². The van der Waals surface area contributed by atoms with E-state index in [0.717, 1.165) is 17.4 Å². The molecule has 0 radical (unpaired) electrons. The standard InChI is InChI=1S/C9H11N7OS2/c10-6-13-7(16-1-3-17-4-2-16)15-8(14-6)18-9-11-5-12-19-9/h5H,1-4H2,(H2,10,13,14,15). The number of nitrogens with two attached hydrogens (primary N) is 1. The molecule has 2 aromatic heterocycles. The second-order valence-electron chi connectivity index (χ2n) is 3.68. The summed E-state index contributed by atoms with van der Waals surface area (Å²) < 4.78 is 10.0. The molecule has 0 aliphatic carbocycles. The summed E-state index contributed by atoms with van der Waals surface area (Å²) in [5.41, 5.74) is 5.73. The molecule has 100 valence electrons. The van der Waals surface area contributed by atoms with Crippen LogP contribution in [0.2, 0.25) is 0 Å². The summed E-state index contributed by atoms with van der Waals surface area (Å²) in [6, 6.07) is 0. The maximum absolute atomic E-state index is 5.73. The first-order valence-electron chi connectivity index (χ1n) is 5.60. The summed E-state index contributed by atoms with van der Waals surface area (Å²) in [6.07, 6.45) is 1.50. The fourth-order valence-corrected chi connectivity index (χ4v) is 2.90. The molecule has 19 heavy (non-hydrogen) atoms. The van der Waals surface area contributed by atoms with Crippen LogP contribution in [0.15, 0.2) is 15.8 Å². The maximum Gasteiger partial charge on any atom is 0.231 e. The number of ether oxygens (including phenoxy) is 1. The number of rotatable bonds is 3. The highest BCUT2D eigenvalue weighted by Crippen LogP contribution is 2.26. The zero-order valence-corrected chi connectivity index (χ0v) is 11.5. The molecule has 2 N–H and O–H groups in total. The van der Waals surface area contributed by atoms with Crippen molar-refractivity contribution < 1.29 is 4.74 Å². The summed E-state index contributed by atoms with van der Waals surface area (Å²) in [5, 5.41) is 0.533. The van der Waals surface area contributed by atoms with Crippen LogP contribution in [-0.2, 0) is 4.74 Å². The lowest BCUT2D eigenvalue weighted by Crippen LogP contribution is -2.37. The molecule has 1 aliphatic heterocycles. The summed E-state index contributed by atoms with van der Waals surface area (Å²) >= 11 is 2.62. The van der Waals surface area contributed by atoms with E-state index in [-0.39, 0.29) is 5.95 Å². The third-order valence-corrected chi connectivity index (χ3v) is 4.01. The Balaban J connectivity index is 1.82. The van der Waals surface area contributed by atoms with Crippen LogP contribution in [0.4, 0.5) is 11.9 Å². The summed E-state index contributed by atoms with van der Waals surface area (Å²) in [4.78, 5) is 18.8. The molecule has 1 saturated heterocycles. The van der Waals surface area contributed by atoms with Crippen LogP contribution in [0.5, 0.6) is 0 Å². The quantitative estimate of drug-likeness (QED) is 0.856. The molecule has 0 spiro atoms. The van der Waals surface area contributed by atoms with Gasteiger partial charge in [-0.25, -0.2) is 4.98 Å². The molecule has 1 fully saturated rings. The van der Waals surface area contributed by atoms with Crippen molar-refractivity contribution in [2.24, 2.45) is 0 Å². The minimum atomic E-state index is 0.212. The first kappa shape index (κ1) is 12.5. The van der Waals surface area contributed by atoms with E-state index < -0.39 is 0 Å². The second-order valence-corrected chi connectivity index (χ2v) is 5.68. The summed E-state index contributed by atoms with van der Waals surface area (Å²) in [6.45, 7) is 2.85. The van der Waals surface area contributed by atoms with Crippen molar-refractivity contribution in [1.29, 1.82) is 0 Å². The van der Waals surface area contributed by atoms with Gasteiger partial charge in [-0.2, -0.15) is 19.3 Å². The predicted octanol–water partition coefficient (Wildman–Crippen LogP) is 0.293. The Kier molecular flexibility index (Phi) is 3.71. The van der Waals surface area contributed by atoms with Crippen molar-refractivity contribution in [2.75, 3.05) is 36.9 Å². The molecule has 1 aliphatic rings. The van der Waals surface area contributed by atoms with Crippen LogP contribution < -0.4 is 10.6 Å². The zero-order valence-electron chi connectivity index (χ0n) is 9.89. The van der Waals surface area contributed by atoms with E-state index in [1.807, 2.05) is 4.90 Å². The lowest BCUT2D eigenvalue weighted by Gasteiger charge is -2.26. The van der Waals surface area contributed by atoms with E-state index >= 15 is 0 Å². The van der Waals surface area contributed by atoms with Crippen molar-refractivity contribution >= 4 is 35.2 Å². The molecule has 0 bridgehead atoms. The van der Waals surface area contributed by atoms with E-state index in [2.05, 4.69) is 24.3 Å². The van der Waals surface area contributed by atoms with Crippen molar-refractivity contribution in [3.63, 3.8) is 0 Å². The number of aromatic nitrogens is 5. The monoisotopic (exact) mass is 297 g/mol. The lowest BCUT2D eigenvalue weighted by atomic mass is 10.4. The van der Waals surface area contributed by atoms with Gasteiger partial charge in [0.05, 0.1) is 13.2 Å². The highest BCUT2D eigenvalue weighted by molar-refractivity contribution is 8.00. The number of hydrogen-bond acceptors (Lipinski definition) is 10. The summed E-state index contributed by atoms with van der Waals surface area (Å²) in [5.74, 6) is 0.798. The van der Waals surface area contributed by atoms with Crippen LogP contribution in [0.1, 0.15) is 0 Å². The topological polar surface area (TPSA) is 103 Å². The molecule has 8 nitrogen and oxygen atoms in total. The van der Waals surface area contributed by atoms with Crippen LogP contribution in [0.3, 0.4) is 0 Å². The first-order valence-corrected chi connectivity index (χ1v) is 7.19. The molecule has 0 atom stereocenters. The molecule has 10 heteroatoms. The molecule has 3 rings (SSSR count). The van der Waals surface area contributed by atoms with Gasteiger partial charge in [0.1, 0.15) is 6.33 Å². The van der Waals surface area contributed by atoms with Crippen molar-refractivity contribution in [3.05, 3.63) is 6.33 Å². The average molecular weight is 297 g/mol. The van der Waals surface area contributed by atoms with E-state index in [4.69, 9.17) is 10.5 Å². The molecule has 2 aromatic rings. The number of nitrogens with zero attached hydrogens (tertiary/aromatic N) is 6. The number of anilines is 2. The Morgan fingerprint density at radius 1 is 1.26 bits per heavy atom. The van der Waals surface area contributed by atoms with Gasteiger partial charge in [-0.1, -0.05) is 0 Å². The van der Waals surface area contributed by atoms with Crippen LogP contribution in [-0.4, -0.2) is 50.6 Å². The minimum Gasteiger partial charge on any atom is -0.378 e. The fraction of sp³-hybridized carbons (Fsp3) is 0.444. The van der Waals surface area contributed by atoms with Gasteiger partial charge in [0.15, 0.2) is 4.34 Å². The summed E-state index contributed by atoms with van der Waals surface area (Å²) in [7, 11) is 0. The fourth-order valence-electron chi connectivity index (χ4n) is 1.60. The second kappa shape index (κ2) is 5.63. The molecule has 3 heterocycles. The van der Waals surface area contributed by atoms with Gasteiger partial charge in [-0.3, -0.25) is 0 Å². The van der Waals surface area contributed by atoms with Gasteiger partial charge in [0.2, 0.25) is 17.1 Å². The Morgan fingerprint density at radius 2 is 2.11 bits per heavy atom. The SMILES string of the molecule is Nc1nc(Sc2ncns2)nc(N2CCOCC2)n1. The normalized spacial score (nSPS) is 15.7. The number of hydrogen-bond donors (Lipinski definition) is 1. The molecule has 0 amide bonds. The van der Waals surface area contributed by atoms with Crippen LogP contribution in [0.25, 0.3) is 0 Å². The van der Waals surface area contributed by atoms with Gasteiger partial charge in [-0.05, 0) is 23.3 Å². The average Bonchev–Trinajstić information content (AvgIpc) is 2.92. The van der Waals surface area contributed by atoms with E-state index in [1.165, 1.54) is 29.6 Å². The van der Waals surface area contributed by atoms with Crippen molar-refractivity contribution in [3.8, 4) is 0 Å². The van der Waals surface area contributed by atoms with Gasteiger partial charge < -0.3 is 15.4 Å². The van der Waals surface area contributed by atoms with E-state index in [1.54, 1.807) is 0 Å². The van der Waals surface area contributed by atoms with Crippen LogP contribution >= 0.6 is 23.3 Å². The van der Waals surface area contributed by atoms with E-state index in [0.29, 0.717) is 24.3 Å². The Bertz CT molecular complexity index is 544. The Hall–Kier alpha value is -1.52. The van der Waals surface area contributed by atoms with Crippen molar-refractivity contribution in [2.45, 2.75) is 9.50 Å². The number of nitrogen functional groups attached to an aromatic ring is 1. The van der Waals surface area contributed by atoms with Gasteiger partial charge in [-0.15, -0.1) is 0 Å². The molecule has 0 saturated carbocycles. The first-order chi connectivity index (χ1) is 9.31. The highest BCUT2D eigenvalue weighted by atomic mass is 32.2. The third kappa shape index (κ3) is 3.08. The third-order valence-electron chi connectivity index (χ3n) is 2.43. The van der Waals surface area contributed by atoms with Crippen molar-refractivity contribution in [1.82, 2.24) is 24.3 Å². The Morgan fingerprint density at radius 3 is 2.84 bits per heavy atom.